The summed E-state index contributed by atoms with van der Waals surface area (Å²) in [5.41, 5.74) is 2.16. The number of rotatable bonds is 4. The van der Waals surface area contributed by atoms with Crippen molar-refractivity contribution in [3.8, 4) is 5.69 Å². The minimum absolute atomic E-state index is 0.803. The molecule has 0 spiro atoms. The van der Waals surface area contributed by atoms with Crippen LogP contribution in [0.3, 0.4) is 0 Å². The normalized spacial score (nSPS) is 27.1. The molecule has 0 amide bonds. The van der Waals surface area contributed by atoms with Crippen molar-refractivity contribution >= 4 is 5.69 Å². The SMILES string of the molecule is C1=CC2CC1CC2CNc1ccc(-n2nccn2)cc1. The quantitative estimate of drug-likeness (QED) is 0.865. The van der Waals surface area contributed by atoms with Crippen molar-refractivity contribution in [3.05, 3.63) is 48.8 Å². The fourth-order valence-electron chi connectivity index (χ4n) is 3.44. The highest BCUT2D eigenvalue weighted by Crippen LogP contribution is 2.43. The van der Waals surface area contributed by atoms with Gasteiger partial charge in [0.15, 0.2) is 0 Å². The van der Waals surface area contributed by atoms with E-state index >= 15 is 0 Å². The molecule has 3 atom stereocenters. The zero-order valence-electron chi connectivity index (χ0n) is 11.3. The maximum absolute atomic E-state index is 4.13. The van der Waals surface area contributed by atoms with E-state index in [4.69, 9.17) is 0 Å². The van der Waals surface area contributed by atoms with Crippen LogP contribution in [0, 0.1) is 17.8 Å². The fraction of sp³-hybridized carbons (Fsp3) is 0.375. The summed E-state index contributed by atoms with van der Waals surface area (Å²) in [6.45, 7) is 1.07. The number of benzene rings is 1. The number of nitrogens with zero attached hydrogens (tertiary/aromatic N) is 3. The van der Waals surface area contributed by atoms with Crippen molar-refractivity contribution in [1.82, 2.24) is 15.0 Å². The molecular weight excluding hydrogens is 248 g/mol. The lowest BCUT2D eigenvalue weighted by Gasteiger charge is -2.19. The van der Waals surface area contributed by atoms with Gasteiger partial charge in [0.05, 0.1) is 18.1 Å². The second-order valence-electron chi connectivity index (χ2n) is 5.79. The molecule has 1 heterocycles. The summed E-state index contributed by atoms with van der Waals surface area (Å²) in [6, 6.07) is 8.29. The van der Waals surface area contributed by atoms with Crippen LogP contribution in [0.5, 0.6) is 0 Å². The molecule has 1 aromatic carbocycles. The molecule has 4 heteroatoms. The third-order valence-electron chi connectivity index (χ3n) is 4.50. The van der Waals surface area contributed by atoms with Crippen molar-refractivity contribution < 1.29 is 0 Å². The van der Waals surface area contributed by atoms with Crippen LogP contribution in [0.4, 0.5) is 5.69 Å². The Kier molecular flexibility index (Phi) is 2.80. The standard InChI is InChI=1S/C16H18N4/c1-2-13-9-12(1)10-14(13)11-17-15-3-5-16(6-4-15)20-18-7-8-19-20/h1-8,12-14,17H,9-11H2. The monoisotopic (exact) mass is 266 g/mol. The van der Waals surface area contributed by atoms with Gasteiger partial charge in [-0.2, -0.15) is 15.0 Å². The molecule has 0 saturated heterocycles. The number of hydrogen-bond acceptors (Lipinski definition) is 3. The molecule has 2 aliphatic rings. The Labute approximate surface area is 118 Å². The van der Waals surface area contributed by atoms with Crippen LogP contribution in [-0.4, -0.2) is 21.5 Å². The van der Waals surface area contributed by atoms with Crippen molar-refractivity contribution in [2.45, 2.75) is 12.8 Å². The molecule has 102 valence electrons. The predicted molar refractivity (Wildman–Crippen MR) is 78.7 cm³/mol. The molecule has 4 nitrogen and oxygen atoms in total. The van der Waals surface area contributed by atoms with Gasteiger partial charge < -0.3 is 5.32 Å². The van der Waals surface area contributed by atoms with Gasteiger partial charge in [0.1, 0.15) is 0 Å². The lowest BCUT2D eigenvalue weighted by atomic mass is 9.93. The van der Waals surface area contributed by atoms with Crippen LogP contribution in [0.1, 0.15) is 12.8 Å². The molecule has 2 bridgehead atoms. The summed E-state index contributed by atoms with van der Waals surface area (Å²) >= 11 is 0. The van der Waals surface area contributed by atoms with Gasteiger partial charge in [-0.05, 0) is 54.9 Å². The minimum atomic E-state index is 0.803. The van der Waals surface area contributed by atoms with Gasteiger partial charge in [-0.1, -0.05) is 12.2 Å². The summed E-state index contributed by atoms with van der Waals surface area (Å²) in [5, 5.41) is 11.8. The highest BCUT2D eigenvalue weighted by Gasteiger charge is 2.35. The van der Waals surface area contributed by atoms with Gasteiger partial charge in [0.2, 0.25) is 0 Å². The molecule has 1 saturated carbocycles. The van der Waals surface area contributed by atoms with E-state index in [1.807, 2.05) is 12.1 Å². The number of nitrogens with one attached hydrogen (secondary N) is 1. The molecule has 1 N–H and O–H groups in total. The average molecular weight is 266 g/mol. The zero-order valence-corrected chi connectivity index (χ0v) is 11.3. The summed E-state index contributed by atoms with van der Waals surface area (Å²) < 4.78 is 0. The molecular formula is C16H18N4. The maximum Gasteiger partial charge on any atom is 0.0858 e. The Morgan fingerprint density at radius 2 is 1.85 bits per heavy atom. The van der Waals surface area contributed by atoms with E-state index in [0.29, 0.717) is 0 Å². The van der Waals surface area contributed by atoms with Crippen LogP contribution in [0.15, 0.2) is 48.8 Å². The summed E-state index contributed by atoms with van der Waals surface area (Å²) in [5.74, 6) is 2.46. The van der Waals surface area contributed by atoms with E-state index in [9.17, 15) is 0 Å². The van der Waals surface area contributed by atoms with Crippen molar-refractivity contribution in [2.75, 3.05) is 11.9 Å². The minimum Gasteiger partial charge on any atom is -0.385 e. The van der Waals surface area contributed by atoms with Crippen molar-refractivity contribution in [2.24, 2.45) is 17.8 Å². The van der Waals surface area contributed by atoms with Crippen LogP contribution in [0.2, 0.25) is 0 Å². The third-order valence-corrected chi connectivity index (χ3v) is 4.50. The Hall–Kier alpha value is -2.10. The summed E-state index contributed by atoms with van der Waals surface area (Å²) in [6.07, 6.45) is 10.9. The second-order valence-corrected chi connectivity index (χ2v) is 5.79. The Morgan fingerprint density at radius 3 is 2.50 bits per heavy atom. The van der Waals surface area contributed by atoms with Gasteiger partial charge in [0.25, 0.3) is 0 Å². The highest BCUT2D eigenvalue weighted by atomic mass is 15.5. The van der Waals surface area contributed by atoms with Crippen LogP contribution >= 0.6 is 0 Å². The molecule has 0 radical (unpaired) electrons. The van der Waals surface area contributed by atoms with E-state index in [2.05, 4.69) is 39.8 Å². The van der Waals surface area contributed by atoms with Gasteiger partial charge in [-0.25, -0.2) is 0 Å². The molecule has 3 unspecified atom stereocenters. The Bertz CT molecular complexity index is 600. The molecule has 2 aromatic rings. The van der Waals surface area contributed by atoms with Crippen LogP contribution < -0.4 is 5.32 Å². The molecule has 20 heavy (non-hydrogen) atoms. The van der Waals surface area contributed by atoms with E-state index in [-0.39, 0.29) is 0 Å². The van der Waals surface area contributed by atoms with E-state index in [1.54, 1.807) is 17.2 Å². The smallest absolute Gasteiger partial charge is 0.0858 e. The Balaban J connectivity index is 1.39. The largest absolute Gasteiger partial charge is 0.385 e. The summed E-state index contributed by atoms with van der Waals surface area (Å²) in [7, 11) is 0. The highest BCUT2D eigenvalue weighted by molar-refractivity contribution is 5.48. The van der Waals surface area contributed by atoms with Gasteiger partial charge >= 0.3 is 0 Å². The molecule has 2 aliphatic carbocycles. The lowest BCUT2D eigenvalue weighted by molar-refractivity contribution is 0.472. The predicted octanol–water partition coefficient (Wildman–Crippen LogP) is 2.89. The first kappa shape index (κ1) is 11.7. The van der Waals surface area contributed by atoms with E-state index in [1.165, 1.54) is 18.5 Å². The van der Waals surface area contributed by atoms with Crippen LogP contribution in [-0.2, 0) is 0 Å². The molecule has 4 rings (SSSR count). The molecule has 1 fully saturated rings. The maximum atomic E-state index is 4.13. The van der Waals surface area contributed by atoms with E-state index in [0.717, 1.165) is 30.0 Å². The fourth-order valence-corrected chi connectivity index (χ4v) is 3.44. The third kappa shape index (κ3) is 2.11. The first-order valence-corrected chi connectivity index (χ1v) is 7.27. The average Bonchev–Trinajstić information content (AvgIpc) is 3.22. The molecule has 0 aliphatic heterocycles. The second kappa shape index (κ2) is 4.78. The first-order chi connectivity index (χ1) is 9.88. The molecule has 1 aromatic heterocycles. The van der Waals surface area contributed by atoms with E-state index < -0.39 is 0 Å². The number of allylic oxidation sites excluding steroid dienone is 2. The topological polar surface area (TPSA) is 42.7 Å². The van der Waals surface area contributed by atoms with Crippen LogP contribution in [0.25, 0.3) is 5.69 Å². The van der Waals surface area contributed by atoms with Gasteiger partial charge in [-0.3, -0.25) is 0 Å². The number of fused-ring (bicyclic) bond motifs is 2. The number of anilines is 1. The zero-order chi connectivity index (χ0) is 13.4. The van der Waals surface area contributed by atoms with Gasteiger partial charge in [-0.15, -0.1) is 0 Å². The van der Waals surface area contributed by atoms with Gasteiger partial charge in [0, 0.05) is 12.2 Å². The lowest BCUT2D eigenvalue weighted by Crippen LogP contribution is -2.18. The number of hydrogen-bond donors (Lipinski definition) is 1. The number of aromatic nitrogens is 3. The van der Waals surface area contributed by atoms with Crippen molar-refractivity contribution in [3.63, 3.8) is 0 Å². The summed E-state index contributed by atoms with van der Waals surface area (Å²) in [4.78, 5) is 1.63. The first-order valence-electron chi connectivity index (χ1n) is 7.27. The van der Waals surface area contributed by atoms with Crippen molar-refractivity contribution in [1.29, 1.82) is 0 Å². The Morgan fingerprint density at radius 1 is 1.05 bits per heavy atom.